The van der Waals surface area contributed by atoms with Crippen LogP contribution in [0.5, 0.6) is 11.5 Å². The SMILES string of the molecule is O=C(C=Cc1ccc(OCc2ccccc2)c(OCc2ccccc2)c1)OC(C(=O)OCc1ccccc1)C(O)C(=O)OCc1ccccc1. The molecule has 254 valence electrons. The second-order valence-electron chi connectivity index (χ2n) is 11.1. The largest absolute Gasteiger partial charge is 0.485 e. The molecule has 5 aromatic rings. The van der Waals surface area contributed by atoms with Crippen LogP contribution in [0.3, 0.4) is 0 Å². The Labute approximate surface area is 290 Å². The van der Waals surface area contributed by atoms with Crippen LogP contribution >= 0.6 is 0 Å². The topological polar surface area (TPSA) is 118 Å². The number of hydrogen-bond acceptors (Lipinski definition) is 9. The van der Waals surface area contributed by atoms with Gasteiger partial charge in [0, 0.05) is 6.08 Å². The third-order valence-corrected chi connectivity index (χ3v) is 7.31. The fourth-order valence-corrected chi connectivity index (χ4v) is 4.65. The van der Waals surface area contributed by atoms with Crippen LogP contribution in [0.1, 0.15) is 27.8 Å². The minimum atomic E-state index is -2.14. The van der Waals surface area contributed by atoms with E-state index in [-0.39, 0.29) is 19.8 Å². The third kappa shape index (κ3) is 10.9. The molecule has 2 unspecified atom stereocenters. The van der Waals surface area contributed by atoms with Gasteiger partial charge >= 0.3 is 17.9 Å². The summed E-state index contributed by atoms with van der Waals surface area (Å²) in [6.45, 7) is 0.278. The highest BCUT2D eigenvalue weighted by molar-refractivity contribution is 5.92. The van der Waals surface area contributed by atoms with Gasteiger partial charge in [0.1, 0.15) is 26.4 Å². The van der Waals surface area contributed by atoms with E-state index in [1.807, 2.05) is 60.7 Å². The van der Waals surface area contributed by atoms with Gasteiger partial charge in [-0.1, -0.05) is 127 Å². The first-order valence-corrected chi connectivity index (χ1v) is 15.9. The number of carbonyl (C=O) groups excluding carboxylic acids is 3. The van der Waals surface area contributed by atoms with Crippen molar-refractivity contribution in [2.75, 3.05) is 0 Å². The van der Waals surface area contributed by atoms with Gasteiger partial charge in [0.2, 0.25) is 6.10 Å². The van der Waals surface area contributed by atoms with Gasteiger partial charge in [0.05, 0.1) is 0 Å². The molecule has 0 aliphatic carbocycles. The molecule has 5 rings (SSSR count). The molecular formula is C41H36O9. The highest BCUT2D eigenvalue weighted by Crippen LogP contribution is 2.31. The molecule has 0 heterocycles. The van der Waals surface area contributed by atoms with Crippen LogP contribution in [-0.4, -0.2) is 35.2 Å². The molecule has 50 heavy (non-hydrogen) atoms. The lowest BCUT2D eigenvalue weighted by Crippen LogP contribution is -2.44. The lowest BCUT2D eigenvalue weighted by atomic mass is 10.1. The zero-order valence-electron chi connectivity index (χ0n) is 27.1. The van der Waals surface area contributed by atoms with Crippen LogP contribution in [0.25, 0.3) is 6.08 Å². The van der Waals surface area contributed by atoms with E-state index in [0.717, 1.165) is 17.2 Å². The van der Waals surface area contributed by atoms with Crippen molar-refractivity contribution in [2.24, 2.45) is 0 Å². The summed E-state index contributed by atoms with van der Waals surface area (Å²) in [4.78, 5) is 38.8. The number of rotatable bonds is 16. The summed E-state index contributed by atoms with van der Waals surface area (Å²) < 4.78 is 28.0. The Hall–Kier alpha value is -6.19. The Kier molecular flexibility index (Phi) is 12.9. The maximum Gasteiger partial charge on any atom is 0.351 e. The van der Waals surface area contributed by atoms with Gasteiger partial charge in [-0.05, 0) is 46.0 Å². The second kappa shape index (κ2) is 18.4. The van der Waals surface area contributed by atoms with Crippen molar-refractivity contribution >= 4 is 24.0 Å². The van der Waals surface area contributed by atoms with Crippen LogP contribution in [0.4, 0.5) is 0 Å². The van der Waals surface area contributed by atoms with E-state index in [0.29, 0.717) is 34.8 Å². The third-order valence-electron chi connectivity index (χ3n) is 7.31. The number of aliphatic hydroxyl groups excluding tert-OH is 1. The van der Waals surface area contributed by atoms with Gasteiger partial charge in [-0.15, -0.1) is 0 Å². The van der Waals surface area contributed by atoms with E-state index in [1.54, 1.807) is 78.9 Å². The number of hydrogen-bond donors (Lipinski definition) is 1. The van der Waals surface area contributed by atoms with E-state index in [1.165, 1.54) is 6.08 Å². The van der Waals surface area contributed by atoms with Gasteiger partial charge in [-0.25, -0.2) is 14.4 Å². The van der Waals surface area contributed by atoms with E-state index in [2.05, 4.69) is 0 Å². The molecule has 0 fully saturated rings. The van der Waals surface area contributed by atoms with Crippen LogP contribution in [0.2, 0.25) is 0 Å². The molecule has 2 atom stereocenters. The number of benzene rings is 5. The number of esters is 3. The molecule has 0 amide bonds. The van der Waals surface area contributed by atoms with Gasteiger partial charge in [0.15, 0.2) is 17.6 Å². The van der Waals surface area contributed by atoms with Crippen molar-refractivity contribution in [3.05, 3.63) is 173 Å². The Morgan fingerprint density at radius 1 is 0.540 bits per heavy atom. The summed E-state index contributed by atoms with van der Waals surface area (Å²) in [5.41, 5.74) is 3.82. The first-order valence-electron chi connectivity index (χ1n) is 15.9. The molecule has 0 aliphatic rings. The first-order chi connectivity index (χ1) is 24.4. The van der Waals surface area contributed by atoms with E-state index in [4.69, 9.17) is 23.7 Å². The molecule has 9 nitrogen and oxygen atoms in total. The molecule has 1 N–H and O–H groups in total. The molecule has 9 heteroatoms. The summed E-state index contributed by atoms with van der Waals surface area (Å²) in [6, 6.07) is 42.1. The molecule has 0 bridgehead atoms. The monoisotopic (exact) mass is 672 g/mol. The van der Waals surface area contributed by atoms with Gasteiger partial charge in [-0.3, -0.25) is 0 Å². The Balaban J connectivity index is 1.28. The molecule has 0 saturated carbocycles. The zero-order valence-corrected chi connectivity index (χ0v) is 27.1. The molecule has 0 spiro atoms. The Morgan fingerprint density at radius 2 is 0.980 bits per heavy atom. The van der Waals surface area contributed by atoms with E-state index in [9.17, 15) is 19.5 Å². The minimum absolute atomic E-state index is 0.157. The fraction of sp³-hybridized carbons (Fsp3) is 0.146. The van der Waals surface area contributed by atoms with Crippen molar-refractivity contribution < 1.29 is 43.2 Å². The minimum Gasteiger partial charge on any atom is -0.485 e. The Bertz CT molecular complexity index is 1840. The van der Waals surface area contributed by atoms with Gasteiger partial charge in [-0.2, -0.15) is 0 Å². The number of ether oxygens (including phenoxy) is 5. The predicted molar refractivity (Wildman–Crippen MR) is 185 cm³/mol. The summed E-state index contributed by atoms with van der Waals surface area (Å²) in [5, 5.41) is 10.8. The average Bonchev–Trinajstić information content (AvgIpc) is 3.17. The van der Waals surface area contributed by atoms with Crippen LogP contribution < -0.4 is 9.47 Å². The zero-order chi connectivity index (χ0) is 35.0. The Morgan fingerprint density at radius 3 is 1.48 bits per heavy atom. The van der Waals surface area contributed by atoms with Crippen molar-refractivity contribution in [3.63, 3.8) is 0 Å². The van der Waals surface area contributed by atoms with Crippen molar-refractivity contribution in [1.82, 2.24) is 0 Å². The predicted octanol–water partition coefficient (Wildman–Crippen LogP) is 6.62. The number of aliphatic hydroxyl groups is 1. The van der Waals surface area contributed by atoms with Crippen molar-refractivity contribution in [1.29, 1.82) is 0 Å². The molecule has 0 aromatic heterocycles. The fourth-order valence-electron chi connectivity index (χ4n) is 4.65. The maximum absolute atomic E-state index is 13.1. The quantitative estimate of drug-likeness (QED) is 0.0701. The maximum atomic E-state index is 13.1. The molecule has 5 aromatic carbocycles. The highest BCUT2D eigenvalue weighted by atomic mass is 16.6. The van der Waals surface area contributed by atoms with Crippen molar-refractivity contribution in [3.8, 4) is 11.5 Å². The molecular weight excluding hydrogens is 636 g/mol. The normalized spacial score (nSPS) is 12.0. The second-order valence-corrected chi connectivity index (χ2v) is 11.1. The average molecular weight is 673 g/mol. The van der Waals surface area contributed by atoms with Crippen LogP contribution in [-0.2, 0) is 55.0 Å². The van der Waals surface area contributed by atoms with Crippen LogP contribution in [0.15, 0.2) is 146 Å². The van der Waals surface area contributed by atoms with Crippen molar-refractivity contribution in [2.45, 2.75) is 38.6 Å². The van der Waals surface area contributed by atoms with Gasteiger partial charge in [0.25, 0.3) is 0 Å². The van der Waals surface area contributed by atoms with E-state index >= 15 is 0 Å². The molecule has 0 aliphatic heterocycles. The lowest BCUT2D eigenvalue weighted by molar-refractivity contribution is -0.183. The van der Waals surface area contributed by atoms with E-state index < -0.39 is 30.1 Å². The number of carbonyl (C=O) groups is 3. The smallest absolute Gasteiger partial charge is 0.351 e. The lowest BCUT2D eigenvalue weighted by Gasteiger charge is -2.20. The summed E-state index contributed by atoms with van der Waals surface area (Å²) in [7, 11) is 0. The van der Waals surface area contributed by atoms with Crippen LogP contribution in [0, 0.1) is 0 Å². The highest BCUT2D eigenvalue weighted by Gasteiger charge is 2.38. The summed E-state index contributed by atoms with van der Waals surface area (Å²) >= 11 is 0. The summed E-state index contributed by atoms with van der Waals surface area (Å²) in [6.07, 6.45) is -1.61. The first kappa shape index (κ1) is 35.1. The standard InChI is InChI=1S/C41H36O9/c42-37(50-39(41(45)49-29-34-19-11-4-12-20-34)38(43)40(44)48-28-33-17-9-3-10-18-33)24-22-30-21-23-35(46-26-31-13-5-1-6-14-31)36(25-30)47-27-32-15-7-2-8-16-32/h1-25,38-39,43H,26-29H2. The molecule has 0 radical (unpaired) electrons. The van der Waals surface area contributed by atoms with Gasteiger partial charge < -0.3 is 28.8 Å². The summed E-state index contributed by atoms with van der Waals surface area (Å²) in [5.74, 6) is -2.32. The molecule has 0 saturated heterocycles.